The zero-order chi connectivity index (χ0) is 19.7. The molecule has 28 heavy (non-hydrogen) atoms. The van der Waals surface area contributed by atoms with Gasteiger partial charge >= 0.3 is 0 Å². The van der Waals surface area contributed by atoms with Crippen molar-refractivity contribution in [1.82, 2.24) is 4.98 Å². The van der Waals surface area contributed by atoms with Gasteiger partial charge in [0.15, 0.2) is 5.13 Å². The van der Waals surface area contributed by atoms with Crippen LogP contribution in [-0.4, -0.2) is 21.9 Å². The molecule has 6 nitrogen and oxygen atoms in total. The van der Waals surface area contributed by atoms with Crippen LogP contribution in [-0.2, 0) is 4.79 Å². The molecule has 1 aliphatic carbocycles. The number of benzene rings is 2. The van der Waals surface area contributed by atoms with Crippen LogP contribution < -0.4 is 10.6 Å². The molecule has 1 fully saturated rings. The smallest absolute Gasteiger partial charge is 0.257 e. The number of aromatic nitrogens is 1. The summed E-state index contributed by atoms with van der Waals surface area (Å²) in [5.41, 5.74) is 2.76. The fourth-order valence-electron chi connectivity index (χ4n) is 2.89. The third-order valence-electron chi connectivity index (χ3n) is 4.75. The number of phenolic OH excluding ortho intramolecular Hbond substituents is 1. The Labute approximate surface area is 166 Å². The lowest BCUT2D eigenvalue weighted by molar-refractivity contribution is -0.117. The van der Waals surface area contributed by atoms with Crippen LogP contribution in [0.1, 0.15) is 23.7 Å². The number of carbonyl (C=O) groups excluding carboxylic acids is 2. The zero-order valence-electron chi connectivity index (χ0n) is 15.2. The molecule has 1 saturated carbocycles. The molecule has 7 heteroatoms. The van der Waals surface area contributed by atoms with Crippen LogP contribution in [0.2, 0.25) is 0 Å². The zero-order valence-corrected chi connectivity index (χ0v) is 16.0. The fraction of sp³-hybridized carbons (Fsp3) is 0.190. The summed E-state index contributed by atoms with van der Waals surface area (Å²) in [4.78, 5) is 28.8. The summed E-state index contributed by atoms with van der Waals surface area (Å²) >= 11 is 1.33. The van der Waals surface area contributed by atoms with Crippen molar-refractivity contribution in [3.05, 3.63) is 59.5 Å². The number of anilines is 2. The van der Waals surface area contributed by atoms with E-state index in [2.05, 4.69) is 22.5 Å². The second-order valence-electron chi connectivity index (χ2n) is 6.92. The number of carbonyl (C=O) groups is 2. The fourth-order valence-corrected chi connectivity index (χ4v) is 3.61. The highest BCUT2D eigenvalue weighted by Crippen LogP contribution is 2.38. The first-order valence-electron chi connectivity index (χ1n) is 8.97. The Kier molecular flexibility index (Phi) is 4.83. The molecule has 142 valence electrons. The summed E-state index contributed by atoms with van der Waals surface area (Å²) in [6, 6.07) is 13.5. The molecule has 1 heterocycles. The highest BCUT2D eigenvalue weighted by molar-refractivity contribution is 7.14. The lowest BCUT2D eigenvalue weighted by atomic mass is 10.2. The van der Waals surface area contributed by atoms with Gasteiger partial charge in [-0.25, -0.2) is 4.98 Å². The van der Waals surface area contributed by atoms with Gasteiger partial charge in [-0.05, 0) is 60.9 Å². The number of amides is 2. The molecule has 2 atom stereocenters. The normalized spacial score (nSPS) is 17.8. The van der Waals surface area contributed by atoms with Gasteiger partial charge in [-0.15, -0.1) is 11.3 Å². The van der Waals surface area contributed by atoms with Crippen LogP contribution in [0.3, 0.4) is 0 Å². The molecule has 4 rings (SSSR count). The lowest BCUT2D eigenvalue weighted by Gasteiger charge is -2.06. The number of hydrogen-bond acceptors (Lipinski definition) is 5. The van der Waals surface area contributed by atoms with Crippen molar-refractivity contribution >= 4 is 34.0 Å². The minimum absolute atomic E-state index is 0.0363. The summed E-state index contributed by atoms with van der Waals surface area (Å²) in [6.45, 7) is 2.06. The number of thiazole rings is 1. The van der Waals surface area contributed by atoms with Crippen LogP contribution in [0.25, 0.3) is 11.3 Å². The van der Waals surface area contributed by atoms with Crippen molar-refractivity contribution < 1.29 is 14.7 Å². The standard InChI is InChI=1S/C21H19N3O3S/c1-12-10-17(12)20(27)22-15-6-2-14(3-7-15)19(26)24-21-23-18(11-28-21)13-4-8-16(25)9-5-13/h2-9,11-12,17,25H,10H2,1H3,(H,22,27)(H,23,24,26)/t12-,17-/m1/s1. The number of aromatic hydroxyl groups is 1. The Balaban J connectivity index is 1.38. The monoisotopic (exact) mass is 393 g/mol. The average Bonchev–Trinajstić information content (AvgIpc) is 3.25. The van der Waals surface area contributed by atoms with Crippen LogP contribution >= 0.6 is 11.3 Å². The molecule has 3 aromatic rings. The summed E-state index contributed by atoms with van der Waals surface area (Å²) in [5, 5.41) is 17.4. The number of phenols is 1. The first kappa shape index (κ1) is 18.2. The number of nitrogens with zero attached hydrogens (tertiary/aromatic N) is 1. The van der Waals surface area contributed by atoms with E-state index in [4.69, 9.17) is 0 Å². The molecule has 3 N–H and O–H groups in total. The van der Waals surface area contributed by atoms with E-state index in [0.717, 1.165) is 17.7 Å². The highest BCUT2D eigenvalue weighted by atomic mass is 32.1. The van der Waals surface area contributed by atoms with Gasteiger partial charge in [0.25, 0.3) is 5.91 Å². The van der Waals surface area contributed by atoms with E-state index >= 15 is 0 Å². The van der Waals surface area contributed by atoms with Gasteiger partial charge in [-0.3, -0.25) is 14.9 Å². The summed E-state index contributed by atoms with van der Waals surface area (Å²) in [5.74, 6) is 0.527. The predicted octanol–water partition coefficient (Wildman–Crippen LogP) is 4.36. The van der Waals surface area contributed by atoms with Gasteiger partial charge in [-0.1, -0.05) is 6.92 Å². The van der Waals surface area contributed by atoms with Crippen molar-refractivity contribution in [3.8, 4) is 17.0 Å². The van der Waals surface area contributed by atoms with Gasteiger partial charge in [0.05, 0.1) is 5.69 Å². The number of rotatable bonds is 5. The molecule has 0 spiro atoms. The van der Waals surface area contributed by atoms with Crippen molar-refractivity contribution in [2.45, 2.75) is 13.3 Å². The molecule has 1 aromatic heterocycles. The molecule has 2 amide bonds. The van der Waals surface area contributed by atoms with Gasteiger partial charge in [0.2, 0.25) is 5.91 Å². The summed E-state index contributed by atoms with van der Waals surface area (Å²) in [6.07, 6.45) is 0.937. The molecule has 0 unspecified atom stereocenters. The minimum atomic E-state index is -0.264. The second-order valence-corrected chi connectivity index (χ2v) is 7.78. The van der Waals surface area contributed by atoms with Gasteiger partial charge in [-0.2, -0.15) is 0 Å². The molecule has 0 aliphatic heterocycles. The van der Waals surface area contributed by atoms with E-state index < -0.39 is 0 Å². The maximum absolute atomic E-state index is 12.4. The minimum Gasteiger partial charge on any atom is -0.508 e. The highest BCUT2D eigenvalue weighted by Gasteiger charge is 2.39. The Morgan fingerprint density at radius 3 is 2.39 bits per heavy atom. The van der Waals surface area contributed by atoms with Crippen molar-refractivity contribution in [1.29, 1.82) is 0 Å². The summed E-state index contributed by atoms with van der Waals surface area (Å²) in [7, 11) is 0. The van der Waals surface area contributed by atoms with Gasteiger partial charge < -0.3 is 10.4 Å². The summed E-state index contributed by atoms with van der Waals surface area (Å²) < 4.78 is 0. The molecular formula is C21H19N3O3S. The first-order valence-corrected chi connectivity index (χ1v) is 9.85. The van der Waals surface area contributed by atoms with Crippen molar-refractivity contribution in [3.63, 3.8) is 0 Å². The number of nitrogens with one attached hydrogen (secondary N) is 2. The Bertz CT molecular complexity index is 1010. The van der Waals surface area contributed by atoms with E-state index in [1.807, 2.05) is 5.38 Å². The molecular weight excluding hydrogens is 374 g/mol. The molecule has 2 aromatic carbocycles. The Morgan fingerprint density at radius 2 is 1.75 bits per heavy atom. The van der Waals surface area contributed by atoms with E-state index in [1.165, 1.54) is 11.3 Å². The van der Waals surface area contributed by atoms with Crippen LogP contribution in [0.4, 0.5) is 10.8 Å². The molecule has 0 radical (unpaired) electrons. The molecule has 0 saturated heterocycles. The largest absolute Gasteiger partial charge is 0.508 e. The lowest BCUT2D eigenvalue weighted by Crippen LogP contribution is -2.15. The van der Waals surface area contributed by atoms with Crippen LogP contribution in [0.15, 0.2) is 53.9 Å². The second kappa shape index (κ2) is 7.44. The quantitative estimate of drug-likeness (QED) is 0.600. The number of hydrogen-bond donors (Lipinski definition) is 3. The average molecular weight is 393 g/mol. The van der Waals surface area contributed by atoms with Crippen molar-refractivity contribution in [2.75, 3.05) is 10.6 Å². The predicted molar refractivity (Wildman–Crippen MR) is 110 cm³/mol. The SMILES string of the molecule is C[C@@H]1C[C@H]1C(=O)Nc1ccc(C(=O)Nc2nc(-c3ccc(O)cc3)cs2)cc1. The molecule has 0 bridgehead atoms. The third-order valence-corrected chi connectivity index (χ3v) is 5.51. The van der Waals surface area contributed by atoms with Crippen LogP contribution in [0, 0.1) is 11.8 Å². The van der Waals surface area contributed by atoms with E-state index in [-0.39, 0.29) is 23.5 Å². The third kappa shape index (κ3) is 4.04. The van der Waals surface area contributed by atoms with Gasteiger partial charge in [0.1, 0.15) is 5.75 Å². The van der Waals surface area contributed by atoms with Gasteiger partial charge in [0, 0.05) is 28.1 Å². The Hall–Kier alpha value is -3.19. The molecule has 1 aliphatic rings. The maximum atomic E-state index is 12.4. The maximum Gasteiger partial charge on any atom is 0.257 e. The van der Waals surface area contributed by atoms with E-state index in [1.54, 1.807) is 48.5 Å². The van der Waals surface area contributed by atoms with Crippen molar-refractivity contribution in [2.24, 2.45) is 11.8 Å². The topological polar surface area (TPSA) is 91.3 Å². The van der Waals surface area contributed by atoms with Crippen LogP contribution in [0.5, 0.6) is 5.75 Å². The first-order chi connectivity index (χ1) is 13.5. The van der Waals surface area contributed by atoms with E-state index in [0.29, 0.717) is 22.3 Å². The van der Waals surface area contributed by atoms with E-state index in [9.17, 15) is 14.7 Å². The Morgan fingerprint density at radius 1 is 1.07 bits per heavy atom.